The van der Waals surface area contributed by atoms with Gasteiger partial charge in [-0.2, -0.15) is 0 Å². The average molecular weight is 409 g/mol. The minimum atomic E-state index is -0.0581. The monoisotopic (exact) mass is 409 g/mol. The number of anilines is 1. The zero-order valence-corrected chi connectivity index (χ0v) is 17.2. The van der Waals surface area contributed by atoms with Gasteiger partial charge in [0.25, 0.3) is 0 Å². The SMILES string of the molecule is CCCOc1ccccc1CN1CCN(CC(=O)Nc2cccc3nonc23)CC1. The van der Waals surface area contributed by atoms with Crippen LogP contribution in [0.4, 0.5) is 5.69 Å². The van der Waals surface area contributed by atoms with E-state index in [4.69, 9.17) is 9.37 Å². The molecule has 1 amide bonds. The molecular formula is C22H27N5O3. The minimum Gasteiger partial charge on any atom is -0.493 e. The molecule has 4 rings (SSSR count). The van der Waals surface area contributed by atoms with Gasteiger partial charge in [-0.3, -0.25) is 14.6 Å². The summed E-state index contributed by atoms with van der Waals surface area (Å²) in [5, 5.41) is 10.6. The second kappa shape index (κ2) is 9.69. The van der Waals surface area contributed by atoms with Gasteiger partial charge in [-0.15, -0.1) is 0 Å². The van der Waals surface area contributed by atoms with E-state index in [1.54, 1.807) is 12.1 Å². The molecule has 2 heterocycles. The fourth-order valence-corrected chi connectivity index (χ4v) is 3.63. The topological polar surface area (TPSA) is 83.7 Å². The average Bonchev–Trinajstić information content (AvgIpc) is 3.24. The van der Waals surface area contributed by atoms with Crippen LogP contribution in [0.25, 0.3) is 11.0 Å². The fourth-order valence-electron chi connectivity index (χ4n) is 3.63. The largest absolute Gasteiger partial charge is 0.493 e. The van der Waals surface area contributed by atoms with Crippen LogP contribution in [0.15, 0.2) is 47.1 Å². The van der Waals surface area contributed by atoms with Gasteiger partial charge in [-0.1, -0.05) is 31.2 Å². The predicted octanol–water partition coefficient (Wildman–Crippen LogP) is 2.77. The zero-order chi connectivity index (χ0) is 20.8. The van der Waals surface area contributed by atoms with Crippen molar-refractivity contribution in [2.24, 2.45) is 0 Å². The molecule has 1 aliphatic heterocycles. The number of amides is 1. The third-order valence-corrected chi connectivity index (χ3v) is 5.22. The number of piperazine rings is 1. The van der Waals surface area contributed by atoms with Gasteiger partial charge in [0, 0.05) is 38.3 Å². The lowest BCUT2D eigenvalue weighted by Crippen LogP contribution is -2.48. The van der Waals surface area contributed by atoms with Crippen molar-refractivity contribution in [1.82, 2.24) is 20.1 Å². The van der Waals surface area contributed by atoms with E-state index in [9.17, 15) is 4.79 Å². The van der Waals surface area contributed by atoms with Crippen LogP contribution >= 0.6 is 0 Å². The Hall–Kier alpha value is -2.97. The molecule has 3 aromatic rings. The molecule has 1 fully saturated rings. The standard InChI is InChI=1S/C22H27N5O3/c1-2-14-29-20-9-4-3-6-17(20)15-26-10-12-27(13-11-26)16-21(28)23-18-7-5-8-19-22(18)25-30-24-19/h3-9H,2,10-16H2,1H3,(H,23,28). The number of nitrogens with one attached hydrogen (secondary N) is 1. The lowest BCUT2D eigenvalue weighted by atomic mass is 10.1. The maximum atomic E-state index is 12.5. The van der Waals surface area contributed by atoms with Crippen molar-refractivity contribution in [3.8, 4) is 5.75 Å². The summed E-state index contributed by atoms with van der Waals surface area (Å²) >= 11 is 0. The van der Waals surface area contributed by atoms with Crippen LogP contribution in [0.2, 0.25) is 0 Å². The van der Waals surface area contributed by atoms with Crippen molar-refractivity contribution < 1.29 is 14.2 Å². The Morgan fingerprint density at radius 2 is 1.87 bits per heavy atom. The van der Waals surface area contributed by atoms with Crippen LogP contribution in [-0.2, 0) is 11.3 Å². The molecule has 8 nitrogen and oxygen atoms in total. The highest BCUT2D eigenvalue weighted by Crippen LogP contribution is 2.21. The summed E-state index contributed by atoms with van der Waals surface area (Å²) in [4.78, 5) is 17.1. The Balaban J connectivity index is 1.27. The second-order valence-electron chi connectivity index (χ2n) is 7.49. The molecule has 1 aromatic heterocycles. The van der Waals surface area contributed by atoms with Crippen molar-refractivity contribution in [3.05, 3.63) is 48.0 Å². The van der Waals surface area contributed by atoms with E-state index in [1.807, 2.05) is 18.2 Å². The summed E-state index contributed by atoms with van der Waals surface area (Å²) in [5.41, 5.74) is 3.04. The molecule has 0 saturated carbocycles. The fraction of sp³-hybridized carbons (Fsp3) is 0.409. The van der Waals surface area contributed by atoms with Gasteiger partial charge in [0.05, 0.1) is 18.8 Å². The highest BCUT2D eigenvalue weighted by molar-refractivity contribution is 5.99. The van der Waals surface area contributed by atoms with Crippen molar-refractivity contribution in [2.75, 3.05) is 44.6 Å². The summed E-state index contributed by atoms with van der Waals surface area (Å²) in [6.07, 6.45) is 0.997. The van der Waals surface area contributed by atoms with Crippen LogP contribution in [0.1, 0.15) is 18.9 Å². The van der Waals surface area contributed by atoms with Gasteiger partial charge in [0.15, 0.2) is 5.52 Å². The van der Waals surface area contributed by atoms with Gasteiger partial charge >= 0.3 is 0 Å². The van der Waals surface area contributed by atoms with E-state index < -0.39 is 0 Å². The summed E-state index contributed by atoms with van der Waals surface area (Å²) in [5.74, 6) is 0.912. The third-order valence-electron chi connectivity index (χ3n) is 5.22. The number of aromatic nitrogens is 2. The number of para-hydroxylation sites is 1. The van der Waals surface area contributed by atoms with Gasteiger partial charge in [-0.05, 0) is 34.9 Å². The van der Waals surface area contributed by atoms with Crippen LogP contribution in [0, 0.1) is 0 Å². The minimum absolute atomic E-state index is 0.0581. The molecule has 0 radical (unpaired) electrons. The first-order valence-electron chi connectivity index (χ1n) is 10.4. The number of carbonyl (C=O) groups excluding carboxylic acids is 1. The van der Waals surface area contributed by atoms with Crippen molar-refractivity contribution in [1.29, 1.82) is 0 Å². The molecule has 30 heavy (non-hydrogen) atoms. The van der Waals surface area contributed by atoms with Crippen LogP contribution in [0.5, 0.6) is 5.75 Å². The quantitative estimate of drug-likeness (QED) is 0.612. The highest BCUT2D eigenvalue weighted by atomic mass is 16.6. The van der Waals surface area contributed by atoms with E-state index in [0.717, 1.165) is 51.5 Å². The Morgan fingerprint density at radius 1 is 1.07 bits per heavy atom. The first-order valence-corrected chi connectivity index (χ1v) is 10.4. The molecule has 1 saturated heterocycles. The van der Waals surface area contributed by atoms with Crippen molar-refractivity contribution in [3.63, 3.8) is 0 Å². The molecule has 1 aliphatic rings. The van der Waals surface area contributed by atoms with Crippen LogP contribution in [-0.4, -0.2) is 65.4 Å². The number of carbonyl (C=O) groups is 1. The third kappa shape index (κ3) is 4.95. The van der Waals surface area contributed by atoms with Crippen LogP contribution < -0.4 is 10.1 Å². The van der Waals surface area contributed by atoms with Gasteiger partial charge in [0.1, 0.15) is 11.3 Å². The Kier molecular flexibility index (Phi) is 6.56. The lowest BCUT2D eigenvalue weighted by Gasteiger charge is -2.34. The van der Waals surface area contributed by atoms with Gasteiger partial charge < -0.3 is 10.1 Å². The molecule has 8 heteroatoms. The number of fused-ring (bicyclic) bond motifs is 1. The van der Waals surface area contributed by atoms with E-state index in [0.29, 0.717) is 23.3 Å². The molecule has 0 bridgehead atoms. The smallest absolute Gasteiger partial charge is 0.238 e. The summed E-state index contributed by atoms with van der Waals surface area (Å²) in [7, 11) is 0. The highest BCUT2D eigenvalue weighted by Gasteiger charge is 2.20. The molecular weight excluding hydrogens is 382 g/mol. The Labute approximate surface area is 175 Å². The van der Waals surface area contributed by atoms with Gasteiger partial charge in [-0.25, -0.2) is 4.63 Å². The number of hydrogen-bond acceptors (Lipinski definition) is 7. The zero-order valence-electron chi connectivity index (χ0n) is 17.2. The molecule has 0 spiro atoms. The first-order chi connectivity index (χ1) is 14.7. The molecule has 1 N–H and O–H groups in total. The molecule has 158 valence electrons. The number of rotatable bonds is 8. The summed E-state index contributed by atoms with van der Waals surface area (Å²) in [6.45, 7) is 7.59. The Bertz CT molecular complexity index is 982. The van der Waals surface area contributed by atoms with Crippen LogP contribution in [0.3, 0.4) is 0 Å². The number of hydrogen-bond donors (Lipinski definition) is 1. The van der Waals surface area contributed by atoms with Gasteiger partial charge in [0.2, 0.25) is 5.91 Å². The van der Waals surface area contributed by atoms with E-state index in [1.165, 1.54) is 5.56 Å². The van der Waals surface area contributed by atoms with Crippen molar-refractivity contribution >= 4 is 22.6 Å². The maximum absolute atomic E-state index is 12.5. The molecule has 0 unspecified atom stereocenters. The number of nitrogens with zero attached hydrogens (tertiary/aromatic N) is 4. The van der Waals surface area contributed by atoms with E-state index in [-0.39, 0.29) is 5.91 Å². The number of benzene rings is 2. The number of ether oxygens (including phenoxy) is 1. The summed E-state index contributed by atoms with van der Waals surface area (Å²) in [6, 6.07) is 13.7. The molecule has 2 aromatic carbocycles. The van der Waals surface area contributed by atoms with E-state index in [2.05, 4.69) is 44.5 Å². The van der Waals surface area contributed by atoms with Crippen molar-refractivity contribution in [2.45, 2.75) is 19.9 Å². The molecule has 0 aliphatic carbocycles. The summed E-state index contributed by atoms with van der Waals surface area (Å²) < 4.78 is 10.6. The predicted molar refractivity (Wildman–Crippen MR) is 114 cm³/mol. The lowest BCUT2D eigenvalue weighted by molar-refractivity contribution is -0.117. The Morgan fingerprint density at radius 3 is 2.70 bits per heavy atom. The normalized spacial score (nSPS) is 15.4. The first kappa shape index (κ1) is 20.3. The maximum Gasteiger partial charge on any atom is 0.238 e. The second-order valence-corrected chi connectivity index (χ2v) is 7.49. The molecule has 0 atom stereocenters. The van der Waals surface area contributed by atoms with E-state index >= 15 is 0 Å².